The second-order valence-corrected chi connectivity index (χ2v) is 9.68. The molecule has 1 saturated carbocycles. The maximum Gasteiger partial charge on any atom is 0.243 e. The number of carbonyl (C=O) groups is 1. The standard InChI is InChI=1S/C19H27N3O3S.ClH/c1-14(23)22-11-6-16-4-5-18(12-19(16)22)26(24,25)21-9-7-17(8-10-21)20-13-15-2-3-15;/h4-5,12,15,17,20H,2-3,6-11,13H2,1H3;1H. The van der Waals surface area contributed by atoms with Gasteiger partial charge in [0.2, 0.25) is 15.9 Å². The van der Waals surface area contributed by atoms with Crippen molar-refractivity contribution in [3.63, 3.8) is 0 Å². The Morgan fingerprint density at radius 2 is 1.85 bits per heavy atom. The summed E-state index contributed by atoms with van der Waals surface area (Å²) in [5, 5.41) is 3.58. The van der Waals surface area contributed by atoms with Gasteiger partial charge in [0.15, 0.2) is 0 Å². The quantitative estimate of drug-likeness (QED) is 0.803. The van der Waals surface area contributed by atoms with Gasteiger partial charge in [-0.05, 0) is 62.3 Å². The molecule has 1 aromatic rings. The number of hydrogen-bond donors (Lipinski definition) is 1. The first kappa shape index (κ1) is 20.6. The molecule has 1 saturated heterocycles. The van der Waals surface area contributed by atoms with Crippen molar-refractivity contribution >= 4 is 34.0 Å². The molecule has 3 aliphatic rings. The fourth-order valence-corrected chi connectivity index (χ4v) is 5.44. The Labute approximate surface area is 167 Å². The number of sulfonamides is 1. The van der Waals surface area contributed by atoms with E-state index in [2.05, 4.69) is 5.32 Å². The number of nitrogens with one attached hydrogen (secondary N) is 1. The van der Waals surface area contributed by atoms with Gasteiger partial charge in [0.05, 0.1) is 4.90 Å². The maximum absolute atomic E-state index is 13.0. The second-order valence-electron chi connectivity index (χ2n) is 7.74. The maximum atomic E-state index is 13.0. The summed E-state index contributed by atoms with van der Waals surface area (Å²) < 4.78 is 27.7. The number of hydrogen-bond acceptors (Lipinski definition) is 4. The predicted octanol–water partition coefficient (Wildman–Crippen LogP) is 2.17. The van der Waals surface area contributed by atoms with E-state index >= 15 is 0 Å². The van der Waals surface area contributed by atoms with Gasteiger partial charge >= 0.3 is 0 Å². The number of piperidine rings is 1. The number of fused-ring (bicyclic) bond motifs is 1. The van der Waals surface area contributed by atoms with E-state index < -0.39 is 10.0 Å². The minimum Gasteiger partial charge on any atom is -0.314 e. The fourth-order valence-electron chi connectivity index (χ4n) is 3.95. The van der Waals surface area contributed by atoms with Gasteiger partial charge < -0.3 is 10.2 Å². The highest BCUT2D eigenvalue weighted by molar-refractivity contribution is 7.89. The molecule has 2 fully saturated rings. The van der Waals surface area contributed by atoms with Gasteiger partial charge in [0, 0.05) is 38.3 Å². The Kier molecular flexibility index (Phi) is 6.15. The lowest BCUT2D eigenvalue weighted by molar-refractivity contribution is -0.116. The van der Waals surface area contributed by atoms with Gasteiger partial charge in [-0.1, -0.05) is 6.07 Å². The molecule has 4 rings (SSSR count). The Morgan fingerprint density at radius 3 is 2.48 bits per heavy atom. The summed E-state index contributed by atoms with van der Waals surface area (Å²) in [6, 6.07) is 5.65. The van der Waals surface area contributed by atoms with Crippen LogP contribution in [0.1, 0.15) is 38.2 Å². The molecule has 0 aromatic heterocycles. The molecule has 0 unspecified atom stereocenters. The topological polar surface area (TPSA) is 69.7 Å². The van der Waals surface area contributed by atoms with Crippen LogP contribution in [0, 0.1) is 5.92 Å². The van der Waals surface area contributed by atoms with Crippen LogP contribution >= 0.6 is 12.4 Å². The smallest absolute Gasteiger partial charge is 0.243 e. The molecular weight excluding hydrogens is 386 g/mol. The van der Waals surface area contributed by atoms with Crippen LogP contribution in [0.4, 0.5) is 5.69 Å². The van der Waals surface area contributed by atoms with Crippen LogP contribution < -0.4 is 10.2 Å². The first-order chi connectivity index (χ1) is 12.4. The second kappa shape index (κ2) is 8.07. The lowest BCUT2D eigenvalue weighted by atomic mass is 10.1. The van der Waals surface area contributed by atoms with Crippen LogP contribution in [0.15, 0.2) is 23.1 Å². The van der Waals surface area contributed by atoms with Crippen molar-refractivity contribution in [3.05, 3.63) is 23.8 Å². The van der Waals surface area contributed by atoms with Gasteiger partial charge in [-0.3, -0.25) is 4.79 Å². The zero-order valence-corrected chi connectivity index (χ0v) is 17.3. The molecule has 0 spiro atoms. The largest absolute Gasteiger partial charge is 0.314 e. The van der Waals surface area contributed by atoms with Gasteiger partial charge in [-0.15, -0.1) is 12.4 Å². The molecule has 2 heterocycles. The van der Waals surface area contributed by atoms with E-state index in [1.54, 1.807) is 21.3 Å². The number of anilines is 1. The van der Waals surface area contributed by atoms with Crippen LogP contribution in [0.2, 0.25) is 0 Å². The number of rotatable bonds is 5. The van der Waals surface area contributed by atoms with Crippen LogP contribution in [0.5, 0.6) is 0 Å². The van der Waals surface area contributed by atoms with E-state index in [-0.39, 0.29) is 18.3 Å². The third-order valence-electron chi connectivity index (χ3n) is 5.82. The zero-order chi connectivity index (χ0) is 18.3. The van der Waals surface area contributed by atoms with Gasteiger partial charge in [-0.25, -0.2) is 8.42 Å². The molecule has 1 aromatic carbocycles. The highest BCUT2D eigenvalue weighted by Gasteiger charge is 2.32. The molecule has 1 aliphatic carbocycles. The molecule has 27 heavy (non-hydrogen) atoms. The summed E-state index contributed by atoms with van der Waals surface area (Å²) in [5.74, 6) is 0.799. The fraction of sp³-hybridized carbons (Fsp3) is 0.632. The first-order valence-electron chi connectivity index (χ1n) is 9.60. The number of nitrogens with zero attached hydrogens (tertiary/aromatic N) is 2. The van der Waals surface area contributed by atoms with E-state index in [1.807, 2.05) is 6.07 Å². The van der Waals surface area contributed by atoms with Crippen molar-refractivity contribution in [2.24, 2.45) is 5.92 Å². The summed E-state index contributed by atoms with van der Waals surface area (Å²) in [6.07, 6.45) is 5.16. The molecule has 6 nitrogen and oxygen atoms in total. The van der Waals surface area contributed by atoms with Crippen LogP contribution in [-0.4, -0.2) is 50.9 Å². The summed E-state index contributed by atoms with van der Waals surface area (Å²) in [6.45, 7) is 4.33. The van der Waals surface area contributed by atoms with Crippen molar-refractivity contribution in [3.8, 4) is 0 Å². The number of carbonyl (C=O) groups excluding carboxylic acids is 1. The van der Waals surface area contributed by atoms with E-state index in [0.717, 1.165) is 43.0 Å². The van der Waals surface area contributed by atoms with E-state index in [9.17, 15) is 13.2 Å². The van der Waals surface area contributed by atoms with Crippen LogP contribution in [-0.2, 0) is 21.2 Å². The minimum atomic E-state index is -3.51. The van der Waals surface area contributed by atoms with Crippen LogP contribution in [0.3, 0.4) is 0 Å². The van der Waals surface area contributed by atoms with Gasteiger partial charge in [-0.2, -0.15) is 4.31 Å². The molecule has 1 N–H and O–H groups in total. The summed E-state index contributed by atoms with van der Waals surface area (Å²) >= 11 is 0. The van der Waals surface area contributed by atoms with Crippen LogP contribution in [0.25, 0.3) is 0 Å². The molecule has 8 heteroatoms. The van der Waals surface area contributed by atoms with Gasteiger partial charge in [0.25, 0.3) is 0 Å². The third-order valence-corrected chi connectivity index (χ3v) is 7.71. The molecule has 0 bridgehead atoms. The normalized spacial score (nSPS) is 21.0. The van der Waals surface area contributed by atoms with E-state index in [0.29, 0.717) is 30.6 Å². The molecular formula is C19H28ClN3O3S. The van der Waals surface area contributed by atoms with Crippen molar-refractivity contribution in [1.29, 1.82) is 0 Å². The average Bonchev–Trinajstić information content (AvgIpc) is 3.36. The lowest BCUT2D eigenvalue weighted by Gasteiger charge is -2.32. The zero-order valence-electron chi connectivity index (χ0n) is 15.7. The van der Waals surface area contributed by atoms with Crippen molar-refractivity contribution in [1.82, 2.24) is 9.62 Å². The monoisotopic (exact) mass is 413 g/mol. The highest BCUT2D eigenvalue weighted by Crippen LogP contribution is 2.32. The SMILES string of the molecule is CC(=O)N1CCc2ccc(S(=O)(=O)N3CCC(NCC4CC4)CC3)cc21.Cl. The molecule has 1 amide bonds. The number of benzene rings is 1. The van der Waals surface area contributed by atoms with Gasteiger partial charge in [0.1, 0.15) is 0 Å². The van der Waals surface area contributed by atoms with Crippen molar-refractivity contribution < 1.29 is 13.2 Å². The predicted molar refractivity (Wildman–Crippen MR) is 108 cm³/mol. The first-order valence-corrected chi connectivity index (χ1v) is 11.0. The summed E-state index contributed by atoms with van der Waals surface area (Å²) in [4.78, 5) is 13.7. The summed E-state index contributed by atoms with van der Waals surface area (Å²) in [5.41, 5.74) is 1.79. The highest BCUT2D eigenvalue weighted by atomic mass is 35.5. The third kappa shape index (κ3) is 4.31. The molecule has 0 radical (unpaired) electrons. The molecule has 150 valence electrons. The molecule has 0 atom stereocenters. The Hall–Kier alpha value is -1.15. The Bertz CT molecular complexity index is 802. The van der Waals surface area contributed by atoms with E-state index in [4.69, 9.17) is 0 Å². The Balaban J connectivity index is 0.00000210. The van der Waals surface area contributed by atoms with Crippen molar-refractivity contribution in [2.45, 2.75) is 50.0 Å². The average molecular weight is 414 g/mol. The number of halogens is 1. The Morgan fingerprint density at radius 1 is 1.15 bits per heavy atom. The van der Waals surface area contributed by atoms with E-state index in [1.165, 1.54) is 19.8 Å². The summed E-state index contributed by atoms with van der Waals surface area (Å²) in [7, 11) is -3.51. The van der Waals surface area contributed by atoms with Crippen molar-refractivity contribution in [2.75, 3.05) is 31.1 Å². The lowest BCUT2D eigenvalue weighted by Crippen LogP contribution is -2.45. The number of amides is 1. The minimum absolute atomic E-state index is 0. The molecule has 2 aliphatic heterocycles.